The van der Waals surface area contributed by atoms with Gasteiger partial charge in [0.1, 0.15) is 6.10 Å². The standard InChI is InChI=1S/C26H36O5/c1-5-6-7-8-15-21(16-12-19-24(27)29-3)31-25(28)26(2,30-4)23-18-11-14-20-13-9-10-17-22(20)23/h9-11,13-14,17-18,21H,5-8,12,15-16,19H2,1-4H3/t21-,26+/m0/s1. The highest BCUT2D eigenvalue weighted by Crippen LogP contribution is 2.33. The summed E-state index contributed by atoms with van der Waals surface area (Å²) in [6.45, 7) is 3.93. The molecular formula is C26H36O5. The number of fused-ring (bicyclic) bond motifs is 1. The molecule has 5 nitrogen and oxygen atoms in total. The van der Waals surface area contributed by atoms with Crippen molar-refractivity contribution in [2.75, 3.05) is 14.2 Å². The number of rotatable bonds is 13. The predicted molar refractivity (Wildman–Crippen MR) is 123 cm³/mol. The summed E-state index contributed by atoms with van der Waals surface area (Å²) >= 11 is 0. The second-order valence-corrected chi connectivity index (χ2v) is 8.11. The third-order valence-electron chi connectivity index (χ3n) is 5.89. The highest BCUT2D eigenvalue weighted by molar-refractivity contribution is 5.92. The molecule has 0 unspecified atom stereocenters. The van der Waals surface area contributed by atoms with Crippen molar-refractivity contribution in [1.29, 1.82) is 0 Å². The maximum absolute atomic E-state index is 13.4. The summed E-state index contributed by atoms with van der Waals surface area (Å²) in [5.74, 6) is -0.640. The van der Waals surface area contributed by atoms with E-state index in [2.05, 4.69) is 6.92 Å². The molecule has 0 heterocycles. The first-order valence-corrected chi connectivity index (χ1v) is 11.3. The van der Waals surface area contributed by atoms with E-state index >= 15 is 0 Å². The molecule has 0 spiro atoms. The Hall–Kier alpha value is -2.40. The summed E-state index contributed by atoms with van der Waals surface area (Å²) < 4.78 is 16.5. The van der Waals surface area contributed by atoms with Gasteiger partial charge in [-0.15, -0.1) is 0 Å². The summed E-state index contributed by atoms with van der Waals surface area (Å²) in [6.07, 6.45) is 6.50. The van der Waals surface area contributed by atoms with E-state index in [1.54, 1.807) is 6.92 Å². The smallest absolute Gasteiger partial charge is 0.343 e. The lowest BCUT2D eigenvalue weighted by Gasteiger charge is -2.30. The highest BCUT2D eigenvalue weighted by atomic mass is 16.6. The van der Waals surface area contributed by atoms with Gasteiger partial charge in [0.25, 0.3) is 0 Å². The minimum Gasteiger partial charge on any atom is -0.469 e. The van der Waals surface area contributed by atoms with Gasteiger partial charge >= 0.3 is 11.9 Å². The Kier molecular flexibility index (Phi) is 9.99. The third-order valence-corrected chi connectivity index (χ3v) is 5.89. The van der Waals surface area contributed by atoms with Crippen LogP contribution in [-0.2, 0) is 29.4 Å². The van der Waals surface area contributed by atoms with Crippen molar-refractivity contribution in [3.8, 4) is 0 Å². The fraction of sp³-hybridized carbons (Fsp3) is 0.538. The second-order valence-electron chi connectivity index (χ2n) is 8.11. The number of hydrogen-bond acceptors (Lipinski definition) is 5. The molecule has 0 aromatic heterocycles. The molecule has 0 saturated heterocycles. The van der Waals surface area contributed by atoms with Crippen molar-refractivity contribution >= 4 is 22.7 Å². The lowest BCUT2D eigenvalue weighted by atomic mass is 9.90. The van der Waals surface area contributed by atoms with Gasteiger partial charge in [0.15, 0.2) is 5.60 Å². The molecule has 0 fully saturated rings. The number of benzene rings is 2. The van der Waals surface area contributed by atoms with E-state index in [9.17, 15) is 9.59 Å². The van der Waals surface area contributed by atoms with Crippen molar-refractivity contribution in [2.45, 2.75) is 76.9 Å². The molecule has 2 atom stereocenters. The molecule has 31 heavy (non-hydrogen) atoms. The average Bonchev–Trinajstić information content (AvgIpc) is 2.80. The zero-order chi connectivity index (χ0) is 22.7. The Labute approximate surface area is 186 Å². The molecule has 0 aliphatic heterocycles. The van der Waals surface area contributed by atoms with Gasteiger partial charge in [-0.05, 0) is 43.4 Å². The summed E-state index contributed by atoms with van der Waals surface area (Å²) in [5.41, 5.74) is -0.428. The van der Waals surface area contributed by atoms with Crippen LogP contribution in [-0.4, -0.2) is 32.3 Å². The van der Waals surface area contributed by atoms with Crippen LogP contribution in [0.2, 0.25) is 0 Å². The quantitative estimate of drug-likeness (QED) is 0.292. The molecule has 0 aliphatic carbocycles. The SMILES string of the molecule is CCCCCC[C@@H](CCCC(=O)OC)OC(=O)[C@](C)(OC)c1cccc2ccccc12. The van der Waals surface area contributed by atoms with E-state index in [4.69, 9.17) is 14.2 Å². The molecule has 2 rings (SSSR count). The van der Waals surface area contributed by atoms with Gasteiger partial charge in [-0.3, -0.25) is 4.79 Å². The topological polar surface area (TPSA) is 61.8 Å². The molecule has 0 bridgehead atoms. The Morgan fingerprint density at radius 3 is 2.35 bits per heavy atom. The molecule has 5 heteroatoms. The van der Waals surface area contributed by atoms with Crippen LogP contribution in [0.15, 0.2) is 42.5 Å². The van der Waals surface area contributed by atoms with E-state index in [0.717, 1.165) is 48.4 Å². The van der Waals surface area contributed by atoms with Gasteiger partial charge in [-0.25, -0.2) is 4.79 Å². The summed E-state index contributed by atoms with van der Waals surface area (Å²) in [4.78, 5) is 24.8. The van der Waals surface area contributed by atoms with E-state index < -0.39 is 11.6 Å². The van der Waals surface area contributed by atoms with Gasteiger partial charge in [0, 0.05) is 19.1 Å². The number of carbonyl (C=O) groups is 2. The first-order valence-electron chi connectivity index (χ1n) is 11.3. The molecule has 0 N–H and O–H groups in total. The Morgan fingerprint density at radius 1 is 0.935 bits per heavy atom. The summed E-state index contributed by atoms with van der Waals surface area (Å²) in [7, 11) is 2.93. The van der Waals surface area contributed by atoms with Crippen molar-refractivity contribution in [3.63, 3.8) is 0 Å². The van der Waals surface area contributed by atoms with Crippen molar-refractivity contribution in [1.82, 2.24) is 0 Å². The van der Waals surface area contributed by atoms with Crippen LogP contribution in [0.1, 0.15) is 70.8 Å². The van der Waals surface area contributed by atoms with Crippen LogP contribution >= 0.6 is 0 Å². The average molecular weight is 429 g/mol. The maximum atomic E-state index is 13.4. The summed E-state index contributed by atoms with van der Waals surface area (Å²) in [6, 6.07) is 13.8. The number of hydrogen-bond donors (Lipinski definition) is 0. The summed E-state index contributed by atoms with van der Waals surface area (Å²) in [5, 5.41) is 2.02. The zero-order valence-corrected chi connectivity index (χ0v) is 19.3. The van der Waals surface area contributed by atoms with E-state index in [1.807, 2.05) is 42.5 Å². The predicted octanol–water partition coefficient (Wildman–Crippen LogP) is 5.93. The van der Waals surface area contributed by atoms with Gasteiger partial charge in [0.05, 0.1) is 7.11 Å². The minimum atomic E-state index is -1.22. The van der Waals surface area contributed by atoms with Crippen molar-refractivity contribution in [2.24, 2.45) is 0 Å². The molecule has 2 aromatic carbocycles. The van der Waals surface area contributed by atoms with Crippen molar-refractivity contribution in [3.05, 3.63) is 48.0 Å². The lowest BCUT2D eigenvalue weighted by molar-refractivity contribution is -0.174. The number of ether oxygens (including phenoxy) is 3. The van der Waals surface area contributed by atoms with Crippen LogP contribution in [0.3, 0.4) is 0 Å². The van der Waals surface area contributed by atoms with Crippen LogP contribution in [0.5, 0.6) is 0 Å². The molecule has 170 valence electrons. The number of esters is 2. The van der Waals surface area contributed by atoms with Gasteiger partial charge in [0.2, 0.25) is 0 Å². The zero-order valence-electron chi connectivity index (χ0n) is 19.3. The lowest BCUT2D eigenvalue weighted by Crippen LogP contribution is -2.38. The number of unbranched alkanes of at least 4 members (excludes halogenated alkanes) is 3. The molecular weight excluding hydrogens is 392 g/mol. The van der Waals surface area contributed by atoms with Crippen LogP contribution < -0.4 is 0 Å². The third kappa shape index (κ3) is 6.79. The van der Waals surface area contributed by atoms with E-state index in [1.165, 1.54) is 14.2 Å². The first kappa shape index (κ1) is 24.9. The number of carbonyl (C=O) groups excluding carboxylic acids is 2. The van der Waals surface area contributed by atoms with Crippen LogP contribution in [0, 0.1) is 0 Å². The van der Waals surface area contributed by atoms with E-state index in [0.29, 0.717) is 19.3 Å². The maximum Gasteiger partial charge on any atom is 0.343 e. The molecule has 0 radical (unpaired) electrons. The van der Waals surface area contributed by atoms with Gasteiger partial charge in [-0.2, -0.15) is 0 Å². The Morgan fingerprint density at radius 2 is 1.65 bits per heavy atom. The minimum absolute atomic E-state index is 0.242. The van der Waals surface area contributed by atoms with E-state index in [-0.39, 0.29) is 12.1 Å². The fourth-order valence-electron chi connectivity index (χ4n) is 3.85. The molecule has 0 saturated carbocycles. The van der Waals surface area contributed by atoms with Crippen LogP contribution in [0.4, 0.5) is 0 Å². The fourth-order valence-corrected chi connectivity index (χ4v) is 3.85. The number of methoxy groups -OCH3 is 2. The molecule has 2 aromatic rings. The normalized spacial score (nSPS) is 14.1. The largest absolute Gasteiger partial charge is 0.469 e. The molecule has 0 aliphatic rings. The highest BCUT2D eigenvalue weighted by Gasteiger charge is 2.39. The van der Waals surface area contributed by atoms with Gasteiger partial charge in [-0.1, -0.05) is 68.7 Å². The Bertz CT molecular complexity index is 841. The second kappa shape index (κ2) is 12.5. The van der Waals surface area contributed by atoms with Crippen molar-refractivity contribution < 1.29 is 23.8 Å². The first-order chi connectivity index (χ1) is 15.0. The Balaban J connectivity index is 2.17. The van der Waals surface area contributed by atoms with Gasteiger partial charge < -0.3 is 14.2 Å². The molecule has 0 amide bonds. The van der Waals surface area contributed by atoms with Crippen LogP contribution in [0.25, 0.3) is 10.8 Å². The monoisotopic (exact) mass is 428 g/mol.